The number of furan rings is 2. The number of phenols is 2. The highest BCUT2D eigenvalue weighted by Crippen LogP contribution is 2.39. The van der Waals surface area contributed by atoms with Crippen LogP contribution in [0.15, 0.2) is 167 Å². The van der Waals surface area contributed by atoms with Crippen molar-refractivity contribution in [2.45, 2.75) is 45.7 Å². The minimum Gasteiger partial charge on any atom is -0.502 e. The summed E-state index contributed by atoms with van der Waals surface area (Å²) in [6, 6.07) is 30.5. The Kier molecular flexibility index (Phi) is 25.5. The summed E-state index contributed by atoms with van der Waals surface area (Å²) in [5.74, 6) is -2.66. The number of aromatic nitrogens is 2. The number of aromatic hydroxyl groups is 2. The summed E-state index contributed by atoms with van der Waals surface area (Å²) in [6.45, 7) is -1.34. The number of allylic oxidation sites excluding steroid dienone is 6. The number of phenolic OH excluding ortho intramolecular Hbond substituents is 1. The zero-order valence-electron chi connectivity index (χ0n) is 54.4. The van der Waals surface area contributed by atoms with Crippen LogP contribution in [0.2, 0.25) is 0 Å². The number of ketones is 6. The maximum Gasteiger partial charge on any atom is 0.315 e. The van der Waals surface area contributed by atoms with E-state index in [1.165, 1.54) is 94.5 Å². The molecular formula is C75H64N4O22. The monoisotopic (exact) mass is 1370 g/mol. The number of carbonyl (C=O) groups excluding carboxylic acids is 6. The molecule has 4 heterocycles. The molecule has 0 fully saturated rings. The zero-order valence-corrected chi connectivity index (χ0v) is 54.4. The van der Waals surface area contributed by atoms with Crippen LogP contribution in [0, 0.1) is 20.2 Å². The highest BCUT2D eigenvalue weighted by Gasteiger charge is 2.22. The van der Waals surface area contributed by atoms with Crippen molar-refractivity contribution in [2.75, 3.05) is 28.4 Å². The summed E-state index contributed by atoms with van der Waals surface area (Å²) in [5.41, 5.74) is 5.83. The lowest BCUT2D eigenvalue weighted by Crippen LogP contribution is -2.02. The van der Waals surface area contributed by atoms with Crippen LogP contribution in [0.1, 0.15) is 75.2 Å². The van der Waals surface area contributed by atoms with Gasteiger partial charge in [0.2, 0.25) is 5.75 Å². The summed E-state index contributed by atoms with van der Waals surface area (Å²) in [5, 5.41) is 82.6. The summed E-state index contributed by atoms with van der Waals surface area (Å²) in [7, 11) is 5.77. The number of nitrogens with zero attached hydrogens (tertiary/aromatic N) is 4. The first-order chi connectivity index (χ1) is 48.6. The van der Waals surface area contributed by atoms with E-state index in [-0.39, 0.29) is 72.5 Å². The van der Waals surface area contributed by atoms with Crippen LogP contribution in [-0.4, -0.2) is 114 Å². The molecular weight excluding hydrogens is 1310 g/mol. The van der Waals surface area contributed by atoms with E-state index in [4.69, 9.17) is 32.9 Å². The Morgan fingerprint density at radius 3 is 1.27 bits per heavy atom. The maximum absolute atomic E-state index is 12.6. The molecule has 4 aromatic heterocycles. The summed E-state index contributed by atoms with van der Waals surface area (Å²) in [6.07, 6.45) is 17.8. The van der Waals surface area contributed by atoms with Gasteiger partial charge in [0.05, 0.1) is 102 Å². The topological polar surface area (TPSA) is 399 Å². The Balaban J connectivity index is 0.000000195. The van der Waals surface area contributed by atoms with Crippen molar-refractivity contribution in [3.05, 3.63) is 234 Å². The normalized spacial score (nSPS) is 11.5. The SMILES string of the molecule is COc1cc(/C=C/C(=O)CC(=O)/C=C/c2cc(CO)c(O)c([N+](=O)[O-])c2)cc([N+](=O)[O-])c1O.COc1cc(/C=C/C(=O)CC(=O)/C=C/c2cc(CO)c3oc4ccccc4c3c2)cc2c1oc1ccccc12.COc1cnc(/C=C/C(=O)CC(=O)/C=C/c2cc(CO)c(CO)cn2)cc1OC. The number of hydrogen-bond donors (Lipinski definition) is 6. The van der Waals surface area contributed by atoms with Gasteiger partial charge in [-0.25, -0.2) is 0 Å². The van der Waals surface area contributed by atoms with Crippen LogP contribution in [0.3, 0.4) is 0 Å². The van der Waals surface area contributed by atoms with Crippen LogP contribution in [0.5, 0.6) is 34.5 Å². The van der Waals surface area contributed by atoms with Gasteiger partial charge in [0.15, 0.2) is 69.0 Å². The average molecular weight is 1370 g/mol. The Labute approximate surface area is 573 Å². The summed E-state index contributed by atoms with van der Waals surface area (Å²) in [4.78, 5) is 102. The number of aliphatic hydroxyl groups excluding tert-OH is 4. The van der Waals surface area contributed by atoms with Crippen LogP contribution < -0.4 is 18.9 Å². The molecule has 10 rings (SSSR count). The number of hydrogen-bond acceptors (Lipinski definition) is 24. The molecule has 0 unspecified atom stereocenters. The number of fused-ring (bicyclic) bond motifs is 6. The predicted molar refractivity (Wildman–Crippen MR) is 373 cm³/mol. The third kappa shape index (κ3) is 19.2. The number of benzene rings is 6. The maximum atomic E-state index is 12.6. The standard InChI is InChI=1S/C33H24O6.C21H18N2O10.C21H22N2O6/c1-37-31-17-21(16-28-26-7-3-5-9-30(26)39-33(28)31)11-13-24(36)18-23(35)12-10-20-14-22(19-34)32-27(15-20)25-6-2-4-8-29(25)38-32;1-33-19-9-13(8-18(21(19)28)23(31)32)3-5-16(26)10-15(25)4-2-12-6-14(11-24)20(27)17(7-12)22(29)30;1-28-20-8-17(23-11-21(20)29-2)4-6-19(27)9-18(26)5-3-16-7-14(12-24)15(13-25)10-22-16/h2-17,34H,18-19H2,1H3;2-9,24,27-28H,10-11H2,1H3;3-8,10-11,24-25H,9,12-13H2,1-2H3/b12-10+,13-11+;4-2+,5-3+;5-3+,6-4+. The van der Waals surface area contributed by atoms with Crippen molar-refractivity contribution < 1.29 is 97.0 Å². The molecule has 0 spiro atoms. The van der Waals surface area contributed by atoms with E-state index < -0.39 is 63.1 Å². The summed E-state index contributed by atoms with van der Waals surface area (Å²) >= 11 is 0. The second kappa shape index (κ2) is 34.9. The molecule has 101 heavy (non-hydrogen) atoms. The first-order valence-corrected chi connectivity index (χ1v) is 30.3. The Morgan fingerprint density at radius 1 is 0.406 bits per heavy atom. The average Bonchev–Trinajstić information content (AvgIpc) is 1.62. The molecule has 0 amide bonds. The predicted octanol–water partition coefficient (Wildman–Crippen LogP) is 11.6. The molecule has 0 saturated heterocycles. The molecule has 26 heteroatoms. The lowest BCUT2D eigenvalue weighted by atomic mass is 10.0. The van der Waals surface area contributed by atoms with Gasteiger partial charge in [-0.05, 0) is 131 Å². The third-order valence-corrected chi connectivity index (χ3v) is 15.0. The van der Waals surface area contributed by atoms with E-state index in [1.807, 2.05) is 60.7 Å². The van der Waals surface area contributed by atoms with Gasteiger partial charge >= 0.3 is 11.4 Å². The van der Waals surface area contributed by atoms with Gasteiger partial charge in [-0.3, -0.25) is 59.0 Å². The molecule has 6 N–H and O–H groups in total. The van der Waals surface area contributed by atoms with Crippen LogP contribution in [-0.2, 0) is 55.2 Å². The van der Waals surface area contributed by atoms with Gasteiger partial charge in [0, 0.05) is 62.6 Å². The molecule has 6 aromatic carbocycles. The van der Waals surface area contributed by atoms with E-state index in [2.05, 4.69) is 9.97 Å². The highest BCUT2D eigenvalue weighted by molar-refractivity contribution is 6.14. The van der Waals surface area contributed by atoms with Crippen molar-refractivity contribution in [1.82, 2.24) is 9.97 Å². The highest BCUT2D eigenvalue weighted by atomic mass is 16.6. The third-order valence-electron chi connectivity index (χ3n) is 15.0. The molecule has 0 radical (unpaired) electrons. The number of para-hydroxylation sites is 2. The molecule has 26 nitrogen and oxygen atoms in total. The number of carbonyl (C=O) groups is 6. The number of methoxy groups -OCH3 is 4. The zero-order chi connectivity index (χ0) is 72.9. The van der Waals surface area contributed by atoms with Crippen LogP contribution in [0.25, 0.3) is 80.3 Å². The molecule has 0 aliphatic rings. The second-order valence-corrected chi connectivity index (χ2v) is 21.8. The first-order valence-electron chi connectivity index (χ1n) is 30.3. The molecule has 0 aliphatic carbocycles. The minimum absolute atomic E-state index is 0.103. The number of nitro groups is 2. The first kappa shape index (κ1) is 73.9. The smallest absolute Gasteiger partial charge is 0.315 e. The fraction of sp³-hybridized carbons (Fsp3) is 0.147. The molecule has 0 atom stereocenters. The number of aliphatic hydroxyl groups is 4. The van der Waals surface area contributed by atoms with Gasteiger partial charge < -0.3 is 58.4 Å². The van der Waals surface area contributed by atoms with E-state index in [9.17, 15) is 74.5 Å². The Morgan fingerprint density at radius 2 is 0.792 bits per heavy atom. The van der Waals surface area contributed by atoms with Crippen molar-refractivity contribution in [1.29, 1.82) is 0 Å². The van der Waals surface area contributed by atoms with E-state index in [0.717, 1.165) is 68.1 Å². The fourth-order valence-corrected chi connectivity index (χ4v) is 10.0. The van der Waals surface area contributed by atoms with Crippen LogP contribution in [0.4, 0.5) is 11.4 Å². The van der Waals surface area contributed by atoms with Gasteiger partial charge in [0.25, 0.3) is 0 Å². The number of ether oxygens (including phenoxy) is 4. The number of pyridine rings is 2. The summed E-state index contributed by atoms with van der Waals surface area (Å²) < 4.78 is 32.5. The molecule has 516 valence electrons. The molecule has 0 saturated carbocycles. The van der Waals surface area contributed by atoms with E-state index in [1.54, 1.807) is 43.5 Å². The van der Waals surface area contributed by atoms with E-state index in [0.29, 0.717) is 56.5 Å². The van der Waals surface area contributed by atoms with Crippen molar-refractivity contribution in [3.8, 4) is 34.5 Å². The minimum atomic E-state index is -0.843. The van der Waals surface area contributed by atoms with E-state index >= 15 is 0 Å². The lowest BCUT2D eigenvalue weighted by molar-refractivity contribution is -0.386. The fourth-order valence-electron chi connectivity index (χ4n) is 10.0. The number of nitro benzene ring substituents is 2. The van der Waals surface area contributed by atoms with Crippen LogP contribution >= 0.6 is 0 Å². The second-order valence-electron chi connectivity index (χ2n) is 21.8. The van der Waals surface area contributed by atoms with Gasteiger partial charge in [-0.2, -0.15) is 0 Å². The Hall–Kier alpha value is -12.9. The molecule has 10 aromatic rings. The van der Waals surface area contributed by atoms with Gasteiger partial charge in [0.1, 0.15) is 16.7 Å². The lowest BCUT2D eigenvalue weighted by Gasteiger charge is -2.06. The van der Waals surface area contributed by atoms with Crippen molar-refractivity contribution in [2.24, 2.45) is 0 Å². The van der Waals surface area contributed by atoms with Crippen molar-refractivity contribution >= 4 is 126 Å². The van der Waals surface area contributed by atoms with Gasteiger partial charge in [-0.15, -0.1) is 0 Å². The molecule has 0 aliphatic heterocycles. The Bertz CT molecular complexity index is 4720. The quantitative estimate of drug-likeness (QED) is 0.0115. The molecule has 0 bridgehead atoms. The number of rotatable bonds is 28. The van der Waals surface area contributed by atoms with Crippen molar-refractivity contribution in [3.63, 3.8) is 0 Å². The largest absolute Gasteiger partial charge is 0.502 e. The van der Waals surface area contributed by atoms with Gasteiger partial charge in [-0.1, -0.05) is 60.7 Å².